The van der Waals surface area contributed by atoms with Gasteiger partial charge in [0.15, 0.2) is 5.82 Å². The highest BCUT2D eigenvalue weighted by Crippen LogP contribution is 2.27. The first kappa shape index (κ1) is 19.6. The number of halogens is 1. The highest BCUT2D eigenvalue weighted by molar-refractivity contribution is 5.73. The summed E-state index contributed by atoms with van der Waals surface area (Å²) in [7, 11) is 0. The van der Waals surface area contributed by atoms with Gasteiger partial charge in [-0.3, -0.25) is 4.79 Å². The number of nitrogens with one attached hydrogen (secondary N) is 1. The van der Waals surface area contributed by atoms with Gasteiger partial charge in [0, 0.05) is 51.8 Å². The van der Waals surface area contributed by atoms with Crippen LogP contribution in [0, 0.1) is 5.82 Å². The molecular formula is C21H28FN5O2. The molecule has 156 valence electrons. The van der Waals surface area contributed by atoms with Gasteiger partial charge in [-0.05, 0) is 25.0 Å². The Kier molecular flexibility index (Phi) is 5.89. The number of piperidine rings is 1. The number of rotatable bonds is 4. The van der Waals surface area contributed by atoms with Crippen molar-refractivity contribution < 1.29 is 15.3 Å². The minimum Gasteiger partial charge on any atom is -0.378 e. The molecule has 0 atom stereocenters. The fraction of sp³-hybridized carbons (Fsp3) is 0.476. The van der Waals surface area contributed by atoms with Gasteiger partial charge in [-0.15, -0.1) is 0 Å². The van der Waals surface area contributed by atoms with E-state index in [1.165, 1.54) is 6.20 Å². The summed E-state index contributed by atoms with van der Waals surface area (Å²) in [4.78, 5) is 24.1. The Bertz CT molecular complexity index is 870. The summed E-state index contributed by atoms with van der Waals surface area (Å²) in [5.74, 6) is 0.0736. The molecule has 2 aliphatic heterocycles. The van der Waals surface area contributed by atoms with E-state index in [1.54, 1.807) is 6.92 Å². The van der Waals surface area contributed by atoms with Crippen molar-refractivity contribution in [3.63, 3.8) is 0 Å². The highest BCUT2D eigenvalue weighted by atomic mass is 19.1. The molecule has 0 aliphatic carbocycles. The van der Waals surface area contributed by atoms with Gasteiger partial charge in [-0.1, -0.05) is 12.1 Å². The third kappa shape index (κ3) is 4.64. The maximum Gasteiger partial charge on any atom is 0.223 e. The number of ether oxygens (including phenoxy) is 1. The lowest BCUT2D eigenvalue weighted by molar-refractivity contribution is -0.129. The van der Waals surface area contributed by atoms with Crippen molar-refractivity contribution in [2.75, 3.05) is 49.6 Å². The highest BCUT2D eigenvalue weighted by Gasteiger charge is 2.22. The van der Waals surface area contributed by atoms with E-state index in [9.17, 15) is 9.18 Å². The molecule has 8 heteroatoms. The van der Waals surface area contributed by atoms with Crippen LogP contribution in [0.3, 0.4) is 0 Å². The number of hydrogen-bond acceptors (Lipinski definition) is 6. The molecule has 1 aromatic carbocycles. The normalized spacial score (nSPS) is 18.0. The first-order valence-electron chi connectivity index (χ1n) is 10.1. The lowest BCUT2D eigenvalue weighted by Gasteiger charge is -2.31. The molecule has 1 N–H and O–H groups in total. The molecule has 4 rings (SSSR count). The Morgan fingerprint density at radius 1 is 1.24 bits per heavy atom. The Morgan fingerprint density at radius 3 is 2.72 bits per heavy atom. The molecule has 1 amide bonds. The summed E-state index contributed by atoms with van der Waals surface area (Å²) in [6, 6.07) is 7.95. The van der Waals surface area contributed by atoms with Crippen molar-refractivity contribution in [1.29, 1.82) is 0 Å². The average molecular weight is 401 g/mol. The molecule has 2 saturated heterocycles. The van der Waals surface area contributed by atoms with Crippen molar-refractivity contribution in [2.45, 2.75) is 25.8 Å². The Labute approximate surface area is 171 Å². The number of hydrogen-bond donors (Lipinski definition) is 1. The maximum atomic E-state index is 14.5. The fourth-order valence-electron chi connectivity index (χ4n) is 3.83. The van der Waals surface area contributed by atoms with Gasteiger partial charge in [0.2, 0.25) is 11.9 Å². The van der Waals surface area contributed by atoms with Crippen LogP contribution in [0.25, 0.3) is 11.3 Å². The molecule has 2 fully saturated rings. The summed E-state index contributed by atoms with van der Waals surface area (Å²) in [6.07, 6.45) is 2.86. The minimum absolute atomic E-state index is 0. The van der Waals surface area contributed by atoms with Crippen LogP contribution in [0.15, 0.2) is 30.5 Å². The number of carbonyl (C=O) groups excluding carboxylic acids is 1. The van der Waals surface area contributed by atoms with E-state index in [2.05, 4.69) is 20.2 Å². The topological polar surface area (TPSA) is 70.6 Å². The van der Waals surface area contributed by atoms with Gasteiger partial charge in [0.05, 0.1) is 19.4 Å². The number of morpholine rings is 1. The first-order valence-corrected chi connectivity index (χ1v) is 10.1. The van der Waals surface area contributed by atoms with Crippen molar-refractivity contribution >= 4 is 17.5 Å². The standard InChI is InChI=1S/C21H26FN5O2.H2/c1-15(28)26-7-5-17(6-8-26)24-21-23-14-19(22)20(25-21)16-3-2-4-18(13-16)27-9-11-29-12-10-27;/h2-4,13-14,17H,5-12H2,1H3,(H,23,24,25);1H. The molecule has 0 radical (unpaired) electrons. The SMILES string of the molecule is CC(=O)N1CCC(Nc2ncc(F)c(-c3cccc(N4CCOCC4)c3)n2)CC1.[HH]. The van der Waals surface area contributed by atoms with Crippen LogP contribution >= 0.6 is 0 Å². The smallest absolute Gasteiger partial charge is 0.223 e. The number of likely N-dealkylation sites (tertiary alicyclic amines) is 1. The van der Waals surface area contributed by atoms with Crippen LogP contribution in [-0.4, -0.2) is 66.2 Å². The van der Waals surface area contributed by atoms with Crippen LogP contribution in [-0.2, 0) is 9.53 Å². The lowest BCUT2D eigenvalue weighted by Crippen LogP contribution is -2.41. The molecule has 2 aromatic rings. The zero-order chi connectivity index (χ0) is 20.2. The molecule has 3 heterocycles. The zero-order valence-corrected chi connectivity index (χ0v) is 16.6. The van der Waals surface area contributed by atoms with E-state index in [0.717, 1.165) is 37.2 Å². The quantitative estimate of drug-likeness (QED) is 0.850. The zero-order valence-electron chi connectivity index (χ0n) is 16.6. The predicted octanol–water partition coefficient (Wildman–Crippen LogP) is 2.79. The number of nitrogens with zero attached hydrogens (tertiary/aromatic N) is 4. The number of carbonyl (C=O) groups is 1. The summed E-state index contributed by atoms with van der Waals surface area (Å²) < 4.78 is 19.9. The summed E-state index contributed by atoms with van der Waals surface area (Å²) in [5, 5.41) is 3.30. The van der Waals surface area contributed by atoms with E-state index in [1.807, 2.05) is 29.2 Å². The van der Waals surface area contributed by atoms with Gasteiger partial charge in [0.25, 0.3) is 0 Å². The van der Waals surface area contributed by atoms with Crippen molar-refractivity contribution in [1.82, 2.24) is 14.9 Å². The van der Waals surface area contributed by atoms with Crippen LogP contribution < -0.4 is 10.2 Å². The van der Waals surface area contributed by atoms with Crippen molar-refractivity contribution in [2.24, 2.45) is 0 Å². The van der Waals surface area contributed by atoms with E-state index in [-0.39, 0.29) is 13.4 Å². The molecule has 2 aliphatic rings. The molecule has 1 aromatic heterocycles. The maximum absolute atomic E-state index is 14.5. The van der Waals surface area contributed by atoms with Crippen LogP contribution in [0.1, 0.15) is 21.2 Å². The van der Waals surface area contributed by atoms with Crippen LogP contribution in [0.2, 0.25) is 0 Å². The Morgan fingerprint density at radius 2 is 2.00 bits per heavy atom. The monoisotopic (exact) mass is 401 g/mol. The largest absolute Gasteiger partial charge is 0.378 e. The molecular weight excluding hydrogens is 373 g/mol. The summed E-state index contributed by atoms with van der Waals surface area (Å²) >= 11 is 0. The minimum atomic E-state index is -0.443. The molecule has 7 nitrogen and oxygen atoms in total. The van der Waals surface area contributed by atoms with Gasteiger partial charge in [-0.25, -0.2) is 14.4 Å². The molecule has 0 spiro atoms. The molecule has 29 heavy (non-hydrogen) atoms. The lowest BCUT2D eigenvalue weighted by atomic mass is 10.1. The second-order valence-corrected chi connectivity index (χ2v) is 7.46. The number of aromatic nitrogens is 2. The number of amides is 1. The second-order valence-electron chi connectivity index (χ2n) is 7.46. The Balaban J connectivity index is 0.00000256. The van der Waals surface area contributed by atoms with Gasteiger partial charge >= 0.3 is 0 Å². The fourth-order valence-corrected chi connectivity index (χ4v) is 3.83. The van der Waals surface area contributed by atoms with Crippen molar-refractivity contribution in [3.8, 4) is 11.3 Å². The second kappa shape index (κ2) is 8.73. The first-order chi connectivity index (χ1) is 14.1. The van der Waals surface area contributed by atoms with E-state index in [4.69, 9.17) is 4.74 Å². The number of anilines is 2. The third-order valence-corrected chi connectivity index (χ3v) is 5.51. The van der Waals surface area contributed by atoms with Gasteiger partial charge in [0.1, 0.15) is 5.69 Å². The Hall–Kier alpha value is -2.74. The average Bonchev–Trinajstić information content (AvgIpc) is 2.76. The molecule has 0 unspecified atom stereocenters. The van der Waals surface area contributed by atoms with E-state index < -0.39 is 5.82 Å². The molecule has 0 bridgehead atoms. The number of benzene rings is 1. The van der Waals surface area contributed by atoms with Crippen LogP contribution in [0.5, 0.6) is 0 Å². The summed E-state index contributed by atoms with van der Waals surface area (Å²) in [6.45, 7) is 6.05. The van der Waals surface area contributed by atoms with Crippen LogP contribution in [0.4, 0.5) is 16.0 Å². The van der Waals surface area contributed by atoms with E-state index >= 15 is 0 Å². The van der Waals surface area contributed by atoms with E-state index in [0.29, 0.717) is 37.9 Å². The van der Waals surface area contributed by atoms with Crippen molar-refractivity contribution in [3.05, 3.63) is 36.3 Å². The summed E-state index contributed by atoms with van der Waals surface area (Å²) in [5.41, 5.74) is 2.05. The third-order valence-electron chi connectivity index (χ3n) is 5.51. The molecule has 0 saturated carbocycles. The van der Waals surface area contributed by atoms with Gasteiger partial charge < -0.3 is 19.9 Å². The predicted molar refractivity (Wildman–Crippen MR) is 111 cm³/mol. The van der Waals surface area contributed by atoms with Gasteiger partial charge in [-0.2, -0.15) is 0 Å².